The molecule has 102 valence electrons. The van der Waals surface area contributed by atoms with Gasteiger partial charge in [-0.3, -0.25) is 22.8 Å². The summed E-state index contributed by atoms with van der Waals surface area (Å²) in [5.41, 5.74) is -0.352. The van der Waals surface area contributed by atoms with Gasteiger partial charge in [-0.25, -0.2) is 0 Å². The lowest BCUT2D eigenvalue weighted by Crippen LogP contribution is -2.09. The Balaban J connectivity index is 3.45. The van der Waals surface area contributed by atoms with Crippen molar-refractivity contribution >= 4 is 38.8 Å². The molecule has 0 unspecified atom stereocenters. The van der Waals surface area contributed by atoms with Gasteiger partial charge in [0.15, 0.2) is 21.2 Å². The van der Waals surface area contributed by atoms with Gasteiger partial charge in [0.2, 0.25) is 0 Å². The number of carbonyl (C=O) groups is 2. The summed E-state index contributed by atoms with van der Waals surface area (Å²) in [5.74, 6) is -2.47. The van der Waals surface area contributed by atoms with Crippen molar-refractivity contribution in [2.24, 2.45) is 0 Å². The van der Waals surface area contributed by atoms with Crippen molar-refractivity contribution in [2.45, 2.75) is 12.8 Å². The Bertz CT molecular complexity index is 532. The van der Waals surface area contributed by atoms with E-state index in [1.54, 1.807) is 0 Å². The summed E-state index contributed by atoms with van der Waals surface area (Å²) in [6.45, 7) is 0. The summed E-state index contributed by atoms with van der Waals surface area (Å²) in [7, 11) is 0. The van der Waals surface area contributed by atoms with Crippen LogP contribution in [0.3, 0.4) is 0 Å². The maximum atomic E-state index is 11.2. The molecule has 0 aliphatic rings. The molecule has 0 radical (unpaired) electrons. The Morgan fingerprint density at radius 2 is 1.58 bits per heavy atom. The lowest BCUT2D eigenvalue weighted by molar-refractivity contribution is -0.385. The molecule has 0 aromatic heterocycles. The summed E-state index contributed by atoms with van der Waals surface area (Å²) in [5, 5.41) is 28.1. The largest absolute Gasteiger partial charge is 0.481 e. The molecule has 1 aromatic rings. The maximum Gasteiger partial charge on any atom is 0.307 e. The van der Waals surface area contributed by atoms with Gasteiger partial charge in [0.1, 0.15) is 0 Å². The SMILES string of the molecule is O=Ic1c(CC(=O)O)cc([N+](=O)[O-])cc1CC(=O)O. The number of nitro groups is 1. The van der Waals surface area contributed by atoms with Crippen molar-refractivity contribution in [2.75, 3.05) is 0 Å². The molecule has 0 atom stereocenters. The van der Waals surface area contributed by atoms with Gasteiger partial charge < -0.3 is 10.2 Å². The number of carboxylic acids is 2. The number of hydrogen-bond acceptors (Lipinski definition) is 5. The quantitative estimate of drug-likeness (QED) is 0.431. The standard InChI is InChI=1S/C10H8INO7/c13-8(14)3-5-1-7(12(18)19)2-6(4-9(15)16)10(5)11-17/h1-2H,3-4H2,(H,13,14)(H,15,16). The lowest BCUT2D eigenvalue weighted by Gasteiger charge is -2.06. The first-order chi connectivity index (χ1) is 8.85. The fraction of sp³-hybridized carbons (Fsp3) is 0.200. The molecule has 9 heteroatoms. The summed E-state index contributed by atoms with van der Waals surface area (Å²) >= 11 is -1.83. The lowest BCUT2D eigenvalue weighted by atomic mass is 10.0. The number of nitro benzene ring substituents is 1. The molecule has 1 aromatic carbocycles. The van der Waals surface area contributed by atoms with Crippen molar-refractivity contribution in [1.29, 1.82) is 0 Å². The minimum Gasteiger partial charge on any atom is -0.481 e. The molecular formula is C10H8INO7. The number of rotatable bonds is 6. The predicted octanol–water partition coefficient (Wildman–Crippen LogP) is 1.33. The van der Waals surface area contributed by atoms with Crippen LogP contribution in [0.4, 0.5) is 5.69 Å². The number of aliphatic carboxylic acids is 2. The van der Waals surface area contributed by atoms with E-state index in [0.717, 1.165) is 12.1 Å². The zero-order valence-corrected chi connectivity index (χ0v) is 11.5. The van der Waals surface area contributed by atoms with Gasteiger partial charge in [-0.1, -0.05) is 0 Å². The molecule has 0 aliphatic heterocycles. The van der Waals surface area contributed by atoms with E-state index in [1.807, 2.05) is 0 Å². The van der Waals surface area contributed by atoms with Crippen LogP contribution in [0.5, 0.6) is 0 Å². The van der Waals surface area contributed by atoms with Gasteiger partial charge in [-0.05, 0) is 11.1 Å². The van der Waals surface area contributed by atoms with Gasteiger partial charge in [0.05, 0.1) is 21.3 Å². The van der Waals surface area contributed by atoms with E-state index in [-0.39, 0.29) is 14.7 Å². The third-order valence-electron chi connectivity index (χ3n) is 2.18. The molecular weight excluding hydrogens is 373 g/mol. The second-order valence-corrected chi connectivity index (χ2v) is 5.07. The smallest absolute Gasteiger partial charge is 0.307 e. The zero-order chi connectivity index (χ0) is 14.6. The molecule has 0 spiro atoms. The fourth-order valence-electron chi connectivity index (χ4n) is 1.52. The molecule has 19 heavy (non-hydrogen) atoms. The zero-order valence-electron chi connectivity index (χ0n) is 9.33. The first-order valence-corrected chi connectivity index (χ1v) is 6.82. The Morgan fingerprint density at radius 3 is 1.84 bits per heavy atom. The van der Waals surface area contributed by atoms with Crippen LogP contribution in [0.15, 0.2) is 12.1 Å². The molecule has 8 nitrogen and oxygen atoms in total. The molecule has 0 amide bonds. The highest BCUT2D eigenvalue weighted by molar-refractivity contribution is 14.1. The summed E-state index contributed by atoms with van der Waals surface area (Å²) in [4.78, 5) is 31.3. The first-order valence-electron chi connectivity index (χ1n) is 4.86. The van der Waals surface area contributed by atoms with Crippen molar-refractivity contribution < 1.29 is 27.8 Å². The Morgan fingerprint density at radius 1 is 1.16 bits per heavy atom. The minimum atomic E-state index is -1.83. The van der Waals surface area contributed by atoms with Crippen molar-refractivity contribution in [3.05, 3.63) is 36.9 Å². The van der Waals surface area contributed by atoms with Crippen molar-refractivity contribution in [3.8, 4) is 0 Å². The monoisotopic (exact) mass is 381 g/mol. The van der Waals surface area contributed by atoms with E-state index in [2.05, 4.69) is 0 Å². The van der Waals surface area contributed by atoms with Gasteiger partial charge >= 0.3 is 11.9 Å². The molecule has 0 saturated heterocycles. The van der Waals surface area contributed by atoms with Crippen LogP contribution >= 0.6 is 21.2 Å². The fourth-order valence-corrected chi connectivity index (χ4v) is 2.78. The highest BCUT2D eigenvalue weighted by Gasteiger charge is 2.20. The molecule has 0 saturated carbocycles. The number of nitrogens with zero attached hydrogens (tertiary/aromatic N) is 1. The van der Waals surface area contributed by atoms with Crippen LogP contribution < -0.4 is 0 Å². The third-order valence-corrected chi connectivity index (χ3v) is 4.01. The molecule has 0 aliphatic carbocycles. The number of hydrogen-bond donors (Lipinski definition) is 2. The van der Waals surface area contributed by atoms with Gasteiger partial charge in [0.25, 0.3) is 5.69 Å². The van der Waals surface area contributed by atoms with Crippen LogP contribution in [-0.2, 0) is 25.5 Å². The molecule has 1 rings (SSSR count). The number of non-ortho nitro benzene ring substituents is 1. The summed E-state index contributed by atoms with van der Waals surface area (Å²) in [6, 6.07) is 2.04. The van der Waals surface area contributed by atoms with Crippen LogP contribution in [0.25, 0.3) is 0 Å². The number of carboxylic acid groups (broad SMARTS) is 2. The summed E-state index contributed by atoms with van der Waals surface area (Å²) < 4.78 is 11.3. The van der Waals surface area contributed by atoms with E-state index in [0.29, 0.717) is 0 Å². The highest BCUT2D eigenvalue weighted by atomic mass is 127. The highest BCUT2D eigenvalue weighted by Crippen LogP contribution is 2.27. The first kappa shape index (κ1) is 15.1. The van der Waals surface area contributed by atoms with E-state index < -0.39 is 56.6 Å². The Hall–Kier alpha value is -1.91. The second-order valence-electron chi connectivity index (χ2n) is 3.55. The van der Waals surface area contributed by atoms with Gasteiger partial charge in [-0.2, -0.15) is 0 Å². The van der Waals surface area contributed by atoms with Crippen molar-refractivity contribution in [1.82, 2.24) is 0 Å². The average molecular weight is 381 g/mol. The molecule has 0 heterocycles. The van der Waals surface area contributed by atoms with Crippen LogP contribution in [0.2, 0.25) is 0 Å². The molecule has 0 fully saturated rings. The van der Waals surface area contributed by atoms with Crippen LogP contribution in [0.1, 0.15) is 11.1 Å². The second kappa shape index (κ2) is 6.31. The predicted molar refractivity (Wildman–Crippen MR) is 69.2 cm³/mol. The minimum absolute atomic E-state index is 0.0285. The number of halogens is 1. The average Bonchev–Trinajstić information content (AvgIpc) is 2.26. The summed E-state index contributed by atoms with van der Waals surface area (Å²) in [6.07, 6.45) is -1.07. The van der Waals surface area contributed by atoms with Crippen molar-refractivity contribution in [3.63, 3.8) is 0 Å². The van der Waals surface area contributed by atoms with E-state index in [9.17, 15) is 22.8 Å². The van der Waals surface area contributed by atoms with Gasteiger partial charge in [-0.15, -0.1) is 0 Å². The van der Waals surface area contributed by atoms with E-state index in [4.69, 9.17) is 10.2 Å². The number of benzene rings is 1. The van der Waals surface area contributed by atoms with E-state index in [1.165, 1.54) is 0 Å². The third kappa shape index (κ3) is 4.05. The topological polar surface area (TPSA) is 135 Å². The molecule has 0 bridgehead atoms. The maximum absolute atomic E-state index is 11.2. The van der Waals surface area contributed by atoms with E-state index >= 15 is 0 Å². The molecule has 2 N–H and O–H groups in total. The Labute approximate surface area is 116 Å². The Kier molecular flexibility index (Phi) is 5.03. The van der Waals surface area contributed by atoms with Crippen LogP contribution in [0, 0.1) is 13.7 Å². The van der Waals surface area contributed by atoms with Crippen LogP contribution in [-0.4, -0.2) is 27.1 Å². The van der Waals surface area contributed by atoms with Gasteiger partial charge in [0, 0.05) is 12.1 Å². The normalized spacial score (nSPS) is 10.1.